The van der Waals surface area contributed by atoms with E-state index < -0.39 is 12.1 Å². The Hall–Kier alpha value is -2.89. The van der Waals surface area contributed by atoms with Crippen LogP contribution < -0.4 is 0 Å². The van der Waals surface area contributed by atoms with Gasteiger partial charge >= 0.3 is 5.97 Å². The van der Waals surface area contributed by atoms with Crippen LogP contribution >= 0.6 is 0 Å². The van der Waals surface area contributed by atoms with Crippen molar-refractivity contribution in [3.05, 3.63) is 58.4 Å². The molecule has 0 saturated carbocycles. The van der Waals surface area contributed by atoms with Gasteiger partial charge in [-0.05, 0) is 45.6 Å². The lowest BCUT2D eigenvalue weighted by Gasteiger charge is -2.30. The number of aromatic amines is 1. The molecule has 0 radical (unpaired) electrons. The maximum absolute atomic E-state index is 13.1. The number of hydrogen-bond donors (Lipinski definition) is 1. The highest BCUT2D eigenvalue weighted by Gasteiger charge is 2.32. The topological polar surface area (TPSA) is 79.5 Å². The summed E-state index contributed by atoms with van der Waals surface area (Å²) in [7, 11) is 0. The van der Waals surface area contributed by atoms with E-state index >= 15 is 0 Å². The fourth-order valence-electron chi connectivity index (χ4n) is 3.82. The number of rotatable bonds is 5. The monoisotopic (exact) mass is 382 g/mol. The number of piperidine rings is 1. The van der Waals surface area contributed by atoms with Gasteiger partial charge in [0.05, 0.1) is 0 Å². The Morgan fingerprint density at radius 3 is 2.25 bits per heavy atom. The van der Waals surface area contributed by atoms with Crippen LogP contribution in [0.1, 0.15) is 70.0 Å². The van der Waals surface area contributed by atoms with Crippen molar-refractivity contribution in [2.45, 2.75) is 46.1 Å². The normalized spacial score (nSPS) is 15.2. The summed E-state index contributed by atoms with van der Waals surface area (Å²) >= 11 is 0. The van der Waals surface area contributed by atoms with Crippen molar-refractivity contribution in [1.82, 2.24) is 9.88 Å². The van der Waals surface area contributed by atoms with Crippen LogP contribution in [0.4, 0.5) is 0 Å². The quantitative estimate of drug-likeness (QED) is 0.631. The highest BCUT2D eigenvalue weighted by Crippen LogP contribution is 2.26. The number of H-pyrrole nitrogens is 1. The Kier molecular flexibility index (Phi) is 5.97. The van der Waals surface area contributed by atoms with E-state index in [2.05, 4.69) is 4.98 Å². The number of nitrogens with zero attached hydrogens (tertiary/aromatic N) is 1. The van der Waals surface area contributed by atoms with Gasteiger partial charge in [-0.2, -0.15) is 0 Å². The molecule has 1 unspecified atom stereocenters. The number of aromatic nitrogens is 1. The predicted molar refractivity (Wildman–Crippen MR) is 105 cm³/mol. The van der Waals surface area contributed by atoms with Crippen LogP contribution in [0.2, 0.25) is 0 Å². The number of Topliss-reactive ketones (excluding diaryl/α,β-unsaturated/α-hetero) is 1. The number of amides is 1. The summed E-state index contributed by atoms with van der Waals surface area (Å²) in [5.74, 6) is -0.950. The zero-order valence-electron chi connectivity index (χ0n) is 16.6. The summed E-state index contributed by atoms with van der Waals surface area (Å²) < 4.78 is 5.69. The van der Waals surface area contributed by atoms with Gasteiger partial charge in [-0.1, -0.05) is 30.3 Å². The average molecular weight is 382 g/mol. The second-order valence-electron chi connectivity index (χ2n) is 7.26. The van der Waals surface area contributed by atoms with Crippen LogP contribution in [0.3, 0.4) is 0 Å². The van der Waals surface area contributed by atoms with E-state index in [1.54, 1.807) is 30.9 Å². The van der Waals surface area contributed by atoms with E-state index in [0.29, 0.717) is 35.5 Å². The van der Waals surface area contributed by atoms with Gasteiger partial charge in [-0.3, -0.25) is 9.59 Å². The molecule has 1 amide bonds. The van der Waals surface area contributed by atoms with Gasteiger partial charge in [0, 0.05) is 29.9 Å². The Morgan fingerprint density at radius 1 is 1.04 bits per heavy atom. The first-order chi connectivity index (χ1) is 13.4. The molecule has 1 aromatic carbocycles. The van der Waals surface area contributed by atoms with Gasteiger partial charge < -0.3 is 14.6 Å². The maximum Gasteiger partial charge on any atom is 0.356 e. The molecule has 0 aliphatic carbocycles. The van der Waals surface area contributed by atoms with E-state index in [1.807, 2.05) is 18.2 Å². The summed E-state index contributed by atoms with van der Waals surface area (Å²) in [6.07, 6.45) is 2.01. The van der Waals surface area contributed by atoms with Crippen molar-refractivity contribution >= 4 is 17.7 Å². The molecular formula is C22H26N2O4. The number of carbonyl (C=O) groups excluding carboxylic acids is 3. The summed E-state index contributed by atoms with van der Waals surface area (Å²) in [5, 5.41) is 0. The van der Waals surface area contributed by atoms with Gasteiger partial charge in [-0.15, -0.1) is 0 Å². The molecule has 1 aliphatic heterocycles. The Bertz CT molecular complexity index is 879. The number of carbonyl (C=O) groups is 3. The molecule has 1 fully saturated rings. The average Bonchev–Trinajstić information content (AvgIpc) is 3.01. The SMILES string of the molecule is CC(=O)c1c(C)[nH]c(C(=O)OC(C(=O)N2CCCCC2)c2ccccc2)c1C. The summed E-state index contributed by atoms with van der Waals surface area (Å²) in [5.41, 5.74) is 2.52. The van der Waals surface area contributed by atoms with Crippen LogP contribution in [-0.4, -0.2) is 40.6 Å². The molecule has 6 nitrogen and oxygen atoms in total. The number of ether oxygens (including phenoxy) is 1. The van der Waals surface area contributed by atoms with E-state index in [1.165, 1.54) is 6.92 Å². The minimum Gasteiger partial charge on any atom is -0.443 e. The summed E-state index contributed by atoms with van der Waals surface area (Å²) in [6, 6.07) is 9.06. The van der Waals surface area contributed by atoms with Gasteiger partial charge in [-0.25, -0.2) is 4.79 Å². The van der Waals surface area contributed by atoms with Crippen molar-refractivity contribution in [3.8, 4) is 0 Å². The lowest BCUT2D eigenvalue weighted by Crippen LogP contribution is -2.40. The number of nitrogens with one attached hydrogen (secondary N) is 1. The molecule has 2 aromatic rings. The van der Waals surface area contributed by atoms with Crippen molar-refractivity contribution in [1.29, 1.82) is 0 Å². The van der Waals surface area contributed by atoms with Crippen LogP contribution in [0, 0.1) is 13.8 Å². The largest absolute Gasteiger partial charge is 0.443 e. The second kappa shape index (κ2) is 8.42. The molecule has 1 aliphatic rings. The zero-order valence-corrected chi connectivity index (χ0v) is 16.6. The minimum absolute atomic E-state index is 0.116. The first-order valence-corrected chi connectivity index (χ1v) is 9.65. The van der Waals surface area contributed by atoms with Crippen LogP contribution in [-0.2, 0) is 9.53 Å². The Balaban J connectivity index is 1.89. The van der Waals surface area contributed by atoms with E-state index in [4.69, 9.17) is 4.74 Å². The van der Waals surface area contributed by atoms with Gasteiger partial charge in [0.1, 0.15) is 5.69 Å². The zero-order chi connectivity index (χ0) is 20.3. The van der Waals surface area contributed by atoms with Crippen molar-refractivity contribution in [2.24, 2.45) is 0 Å². The highest BCUT2D eigenvalue weighted by atomic mass is 16.5. The summed E-state index contributed by atoms with van der Waals surface area (Å²) in [4.78, 5) is 42.6. The first-order valence-electron chi connectivity index (χ1n) is 9.65. The van der Waals surface area contributed by atoms with E-state index in [-0.39, 0.29) is 17.4 Å². The third-order valence-corrected chi connectivity index (χ3v) is 5.21. The van der Waals surface area contributed by atoms with E-state index in [0.717, 1.165) is 19.3 Å². The molecule has 28 heavy (non-hydrogen) atoms. The Morgan fingerprint density at radius 2 is 1.68 bits per heavy atom. The molecule has 148 valence electrons. The molecule has 0 bridgehead atoms. The number of aryl methyl sites for hydroxylation is 1. The number of likely N-dealkylation sites (tertiary alicyclic amines) is 1. The van der Waals surface area contributed by atoms with Gasteiger partial charge in [0.25, 0.3) is 5.91 Å². The third kappa shape index (κ3) is 4.01. The predicted octanol–water partition coefficient (Wildman–Crippen LogP) is 3.74. The molecule has 6 heteroatoms. The fourth-order valence-corrected chi connectivity index (χ4v) is 3.82. The first kappa shape index (κ1) is 19.9. The van der Waals surface area contributed by atoms with Crippen molar-refractivity contribution in [2.75, 3.05) is 13.1 Å². The van der Waals surface area contributed by atoms with Crippen LogP contribution in [0.25, 0.3) is 0 Å². The fraction of sp³-hybridized carbons (Fsp3) is 0.409. The smallest absolute Gasteiger partial charge is 0.356 e. The number of esters is 1. The molecule has 2 heterocycles. The molecule has 1 N–H and O–H groups in total. The van der Waals surface area contributed by atoms with Crippen molar-refractivity contribution in [3.63, 3.8) is 0 Å². The second-order valence-corrected chi connectivity index (χ2v) is 7.26. The minimum atomic E-state index is -1.00. The number of benzene rings is 1. The lowest BCUT2D eigenvalue weighted by atomic mass is 10.1. The maximum atomic E-state index is 13.1. The standard InChI is InChI=1S/C22H26N2O4/c1-14-18(16(3)25)15(2)23-19(14)22(27)28-20(17-10-6-4-7-11-17)21(26)24-12-8-5-9-13-24/h4,6-7,10-11,20,23H,5,8-9,12-13H2,1-3H3. The summed E-state index contributed by atoms with van der Waals surface area (Å²) in [6.45, 7) is 6.27. The lowest BCUT2D eigenvalue weighted by molar-refractivity contribution is -0.142. The van der Waals surface area contributed by atoms with Gasteiger partial charge in [0.15, 0.2) is 5.78 Å². The van der Waals surface area contributed by atoms with Crippen molar-refractivity contribution < 1.29 is 19.1 Å². The van der Waals surface area contributed by atoms with Gasteiger partial charge in [0.2, 0.25) is 6.10 Å². The molecule has 0 spiro atoms. The van der Waals surface area contributed by atoms with Crippen LogP contribution in [0.15, 0.2) is 30.3 Å². The molecule has 1 atom stereocenters. The molecule has 1 saturated heterocycles. The molecule has 1 aromatic heterocycles. The number of hydrogen-bond acceptors (Lipinski definition) is 4. The Labute approximate surface area is 164 Å². The van der Waals surface area contributed by atoms with Crippen LogP contribution in [0.5, 0.6) is 0 Å². The third-order valence-electron chi connectivity index (χ3n) is 5.21. The highest BCUT2D eigenvalue weighted by molar-refractivity contribution is 6.01. The molecule has 3 rings (SSSR count). The van der Waals surface area contributed by atoms with E-state index in [9.17, 15) is 14.4 Å². The number of ketones is 1. The molecular weight excluding hydrogens is 356 g/mol.